The van der Waals surface area contributed by atoms with Crippen LogP contribution in [0.1, 0.15) is 106 Å². The van der Waals surface area contributed by atoms with Crippen molar-refractivity contribution in [3.63, 3.8) is 0 Å². The Kier molecular flexibility index (Phi) is 29.5. The Morgan fingerprint density at radius 2 is 1.08 bits per heavy atom. The van der Waals surface area contributed by atoms with E-state index in [1.165, 1.54) is 65.3 Å². The fourth-order valence-electron chi connectivity index (χ4n) is 8.71. The molecule has 0 spiro atoms. The maximum Gasteiger partial charge on any atom is 0.338 e. The summed E-state index contributed by atoms with van der Waals surface area (Å²) >= 11 is 3.17. The van der Waals surface area contributed by atoms with E-state index in [-0.39, 0.29) is 67.8 Å². The highest BCUT2D eigenvalue weighted by Gasteiger charge is 2.49. The van der Waals surface area contributed by atoms with Crippen LogP contribution in [-0.2, 0) is 78.0 Å². The number of fused-ring (bicyclic) bond motifs is 2. The quantitative estimate of drug-likeness (QED) is 0.0387. The van der Waals surface area contributed by atoms with Crippen LogP contribution in [0.2, 0.25) is 0 Å². The number of ether oxygens (including phenoxy) is 8. The van der Waals surface area contributed by atoms with E-state index >= 15 is 0 Å². The Balaban J connectivity index is 0.000000391. The number of allylic oxidation sites excluding steroid dienone is 1. The standard InChI is InChI=1S/C34H44N2O9S.C14H15NO5S.C12H13NO3.C5H8O2/c1-9-33(5,31(41)43-8)21-34(6,29(39)35-25-12-10-23(11-13-25)27(37)42-7)20-32(3,4)30(40)45-16-15-44-28(38)24-18-22(2)36-14-17-46-26(36)19-24;1-9(2)13(17)19-4-5-20-14(18)10-7-11(16)15-3-6-21-12(15)8-10;1-8(2)11(14)13-10-6-4-9(5-7-10)12(15)16-3;1-4(2)5(6)7-3/h10-13,18-19H,2,9,14-17,20-21H2,1,3-8H3,(H,35,39);7-8H,1,3-6H2,2H3;4-7H,1H2,2-3H3,(H,13,14);1H2,2-3H3. The van der Waals surface area contributed by atoms with Crippen molar-refractivity contribution in [2.45, 2.75) is 86.2 Å². The van der Waals surface area contributed by atoms with Gasteiger partial charge < -0.3 is 58.0 Å². The summed E-state index contributed by atoms with van der Waals surface area (Å²) in [4.78, 5) is 134. The fourth-order valence-corrected chi connectivity index (χ4v) is 10.8. The third-order valence-electron chi connectivity index (χ3n) is 13.6. The smallest absolute Gasteiger partial charge is 0.338 e. The summed E-state index contributed by atoms with van der Waals surface area (Å²) in [6, 6.07) is 15.5. The number of hydrogen-bond donors (Lipinski definition) is 2. The van der Waals surface area contributed by atoms with Crippen LogP contribution in [0.4, 0.5) is 11.4 Å². The molecule has 3 aromatic rings. The number of carbonyl (C=O) groups is 10. The number of hydrogen-bond acceptors (Lipinski definition) is 22. The van der Waals surface area contributed by atoms with Crippen LogP contribution in [0.5, 0.6) is 0 Å². The number of thioether (sulfide) groups is 2. The zero-order valence-electron chi connectivity index (χ0n) is 53.0. The molecule has 0 saturated carbocycles. The van der Waals surface area contributed by atoms with Crippen molar-refractivity contribution in [2.75, 3.05) is 83.6 Å². The van der Waals surface area contributed by atoms with Crippen molar-refractivity contribution >= 4 is 94.5 Å². The third kappa shape index (κ3) is 22.6. The van der Waals surface area contributed by atoms with Gasteiger partial charge in [0, 0.05) is 69.9 Å². The van der Waals surface area contributed by atoms with Gasteiger partial charge >= 0.3 is 47.8 Å². The average Bonchev–Trinajstić information content (AvgIpc) is 1.27. The molecule has 3 aliphatic heterocycles. The third-order valence-corrected chi connectivity index (χ3v) is 15.6. The van der Waals surface area contributed by atoms with Crippen molar-refractivity contribution in [3.05, 3.63) is 159 Å². The predicted molar refractivity (Wildman–Crippen MR) is 340 cm³/mol. The lowest BCUT2D eigenvalue weighted by Gasteiger charge is -2.40. The van der Waals surface area contributed by atoms with Gasteiger partial charge in [0.1, 0.15) is 26.4 Å². The van der Waals surface area contributed by atoms with Crippen molar-refractivity contribution in [3.8, 4) is 0 Å². The van der Waals surface area contributed by atoms with Crippen LogP contribution in [-0.4, -0.2) is 142 Å². The summed E-state index contributed by atoms with van der Waals surface area (Å²) in [7, 11) is 5.22. The number of nitrogens with one attached hydrogen (secondary N) is 2. The van der Waals surface area contributed by atoms with Crippen molar-refractivity contribution < 1.29 is 85.8 Å². The number of benzene rings is 2. The highest BCUT2D eigenvalue weighted by Crippen LogP contribution is 2.46. The molecule has 2 unspecified atom stereocenters. The summed E-state index contributed by atoms with van der Waals surface area (Å²) in [6.45, 7) is 28.7. The number of amides is 2. The van der Waals surface area contributed by atoms with Gasteiger partial charge in [0.05, 0.1) is 71.6 Å². The van der Waals surface area contributed by atoms with E-state index in [0.29, 0.717) is 52.2 Å². The van der Waals surface area contributed by atoms with Gasteiger partial charge in [0.2, 0.25) is 5.91 Å². The monoisotopic (exact) mass is 1280 g/mol. The molecule has 2 amide bonds. The number of methoxy groups -OCH3 is 4. The molecule has 2 aromatic carbocycles. The van der Waals surface area contributed by atoms with E-state index < -0.39 is 63.9 Å². The van der Waals surface area contributed by atoms with Gasteiger partial charge in [-0.25, -0.2) is 28.8 Å². The van der Waals surface area contributed by atoms with E-state index in [1.54, 1.807) is 112 Å². The number of carbonyl (C=O) groups excluding carboxylic acids is 10. The second-order valence-electron chi connectivity index (χ2n) is 21.6. The molecule has 2 N–H and O–H groups in total. The summed E-state index contributed by atoms with van der Waals surface area (Å²) in [5.41, 5.74) is 0.603. The zero-order chi connectivity index (χ0) is 67.7. The minimum absolute atomic E-state index is 0.0218. The van der Waals surface area contributed by atoms with E-state index in [1.807, 2.05) is 11.8 Å². The minimum atomic E-state index is -1.25. The van der Waals surface area contributed by atoms with Crippen LogP contribution in [0.3, 0.4) is 0 Å². The van der Waals surface area contributed by atoms with Gasteiger partial charge in [0.25, 0.3) is 11.5 Å². The molecule has 6 rings (SSSR count). The van der Waals surface area contributed by atoms with Crippen molar-refractivity contribution in [2.24, 2.45) is 16.2 Å². The number of esters is 8. The molecule has 90 heavy (non-hydrogen) atoms. The van der Waals surface area contributed by atoms with Crippen LogP contribution in [0, 0.1) is 16.2 Å². The molecule has 0 bridgehead atoms. The summed E-state index contributed by atoms with van der Waals surface area (Å²) in [5.74, 6) is -2.92. The normalized spacial score (nSPS) is 13.9. The summed E-state index contributed by atoms with van der Waals surface area (Å²) < 4.78 is 40.9. The maximum atomic E-state index is 13.9. The van der Waals surface area contributed by atoms with E-state index in [0.717, 1.165) is 33.8 Å². The number of pyridine rings is 1. The molecule has 1 aromatic heterocycles. The Morgan fingerprint density at radius 3 is 1.58 bits per heavy atom. The molecule has 1 fully saturated rings. The van der Waals surface area contributed by atoms with Crippen LogP contribution < -0.4 is 16.2 Å². The molecule has 486 valence electrons. The summed E-state index contributed by atoms with van der Waals surface area (Å²) in [6.07, 6.45) is 3.93. The summed E-state index contributed by atoms with van der Waals surface area (Å²) in [5, 5.41) is 7.22. The minimum Gasteiger partial charge on any atom is -0.469 e. The predicted octanol–water partition coefficient (Wildman–Crippen LogP) is 9.20. The SMILES string of the molecule is C=C(C)C(=O)Nc1ccc(C(=O)OC)cc1.C=C(C)C(=O)OC.C=C(C)C(=O)OCCOC(=O)c1cc2n(c(=O)c1)CCS2.C=C1C=C(C(=O)OCCOC(=O)C(C)(C)CC(C)(CC(C)(CC)C(=O)OC)C(=O)Nc2ccc(C(=O)OC)cc2)C=C2SCCN12. The van der Waals surface area contributed by atoms with E-state index in [4.69, 9.17) is 28.4 Å². The molecule has 0 aliphatic carbocycles. The molecule has 23 nitrogen and oxygen atoms in total. The van der Waals surface area contributed by atoms with Crippen LogP contribution in [0.25, 0.3) is 0 Å². The van der Waals surface area contributed by atoms with Gasteiger partial charge in [-0.1, -0.05) is 40.2 Å². The van der Waals surface area contributed by atoms with Gasteiger partial charge in [-0.3, -0.25) is 24.0 Å². The molecule has 4 heterocycles. The molecule has 3 aliphatic rings. The fraction of sp³-hybridized carbons (Fsp3) is 0.400. The van der Waals surface area contributed by atoms with Crippen molar-refractivity contribution in [1.29, 1.82) is 0 Å². The molecule has 0 radical (unpaired) electrons. The Labute approximate surface area is 532 Å². The van der Waals surface area contributed by atoms with Crippen molar-refractivity contribution in [1.82, 2.24) is 9.47 Å². The Hall–Kier alpha value is -8.97. The molecule has 2 atom stereocenters. The topological polar surface area (TPSA) is 294 Å². The first-order valence-electron chi connectivity index (χ1n) is 28.0. The van der Waals surface area contributed by atoms with Gasteiger partial charge in [-0.15, -0.1) is 23.5 Å². The molecule has 1 saturated heterocycles. The van der Waals surface area contributed by atoms with Gasteiger partial charge in [-0.2, -0.15) is 0 Å². The number of rotatable bonds is 23. The lowest BCUT2D eigenvalue weighted by atomic mass is 9.64. The Morgan fingerprint density at radius 1 is 0.556 bits per heavy atom. The maximum absolute atomic E-state index is 13.9. The highest BCUT2D eigenvalue weighted by atomic mass is 32.2. The van der Waals surface area contributed by atoms with E-state index in [2.05, 4.69) is 46.4 Å². The second kappa shape index (κ2) is 35.3. The van der Waals surface area contributed by atoms with Crippen LogP contribution >= 0.6 is 23.5 Å². The number of anilines is 2. The zero-order valence-corrected chi connectivity index (χ0v) is 54.6. The molecular formula is C65H80N4O19S2. The number of aromatic nitrogens is 1. The highest BCUT2D eigenvalue weighted by molar-refractivity contribution is 8.03. The lowest BCUT2D eigenvalue weighted by molar-refractivity contribution is -0.161. The van der Waals surface area contributed by atoms with Gasteiger partial charge in [-0.05, 0) is 128 Å². The first-order chi connectivity index (χ1) is 42.3. The average molecular weight is 1290 g/mol. The lowest BCUT2D eigenvalue weighted by Crippen LogP contribution is -2.45. The number of nitrogens with zero attached hydrogens (tertiary/aromatic N) is 2. The van der Waals surface area contributed by atoms with Crippen LogP contribution in [0.15, 0.2) is 142 Å². The van der Waals surface area contributed by atoms with Gasteiger partial charge in [0.15, 0.2) is 0 Å². The first-order valence-corrected chi connectivity index (χ1v) is 30.0. The second-order valence-corrected chi connectivity index (χ2v) is 23.9. The first kappa shape index (κ1) is 75.3. The molecular weight excluding hydrogens is 1200 g/mol. The Bertz CT molecular complexity index is 3350. The molecule has 25 heteroatoms. The largest absolute Gasteiger partial charge is 0.469 e. The van der Waals surface area contributed by atoms with E-state index in [9.17, 15) is 52.7 Å².